The molecule has 1 aromatic rings. The van der Waals surface area contributed by atoms with Gasteiger partial charge in [0.25, 0.3) is 0 Å². The first-order valence-corrected chi connectivity index (χ1v) is 4.11. The molecule has 0 saturated carbocycles. The van der Waals surface area contributed by atoms with E-state index in [2.05, 4.69) is 11.1 Å². The van der Waals surface area contributed by atoms with E-state index in [0.29, 0.717) is 19.3 Å². The molecule has 0 N–H and O–H groups in total. The van der Waals surface area contributed by atoms with E-state index in [4.69, 9.17) is 5.26 Å². The molecule has 13 heavy (non-hydrogen) atoms. The Morgan fingerprint density at radius 1 is 1.54 bits per heavy atom. The Morgan fingerprint density at radius 2 is 2.38 bits per heavy atom. The van der Waals surface area contributed by atoms with Gasteiger partial charge in [-0.2, -0.15) is 5.26 Å². The summed E-state index contributed by atoms with van der Waals surface area (Å²) in [6.07, 6.45) is 4.14. The molecule has 0 fully saturated rings. The highest BCUT2D eigenvalue weighted by Crippen LogP contribution is 2.02. The standard InChI is InChI=1S/C10H10N2O/c11-6-5-9-3-4-10(12-8-9)2-1-7-13/h3-4,7-8H,1-2,5H2. The zero-order chi connectivity index (χ0) is 9.52. The van der Waals surface area contributed by atoms with Crippen LogP contribution in [0, 0.1) is 11.3 Å². The molecule has 0 unspecified atom stereocenters. The van der Waals surface area contributed by atoms with Gasteiger partial charge in [-0.05, 0) is 18.1 Å². The zero-order valence-electron chi connectivity index (χ0n) is 7.23. The first-order chi connectivity index (χ1) is 6.36. The summed E-state index contributed by atoms with van der Waals surface area (Å²) < 4.78 is 0. The Bertz CT molecular complexity index is 311. The van der Waals surface area contributed by atoms with Gasteiger partial charge in [-0.3, -0.25) is 4.98 Å². The number of aryl methyl sites for hydroxylation is 1. The minimum absolute atomic E-state index is 0.390. The van der Waals surface area contributed by atoms with Gasteiger partial charge in [-0.15, -0.1) is 0 Å². The molecule has 3 nitrogen and oxygen atoms in total. The molecule has 0 aromatic carbocycles. The number of hydrogen-bond donors (Lipinski definition) is 0. The number of nitriles is 1. The van der Waals surface area contributed by atoms with Gasteiger partial charge in [-0.1, -0.05) is 6.07 Å². The molecule has 0 aliphatic rings. The van der Waals surface area contributed by atoms with E-state index in [9.17, 15) is 4.79 Å². The topological polar surface area (TPSA) is 53.8 Å². The van der Waals surface area contributed by atoms with Crippen LogP contribution in [0.3, 0.4) is 0 Å². The molecule has 1 rings (SSSR count). The van der Waals surface area contributed by atoms with Gasteiger partial charge in [0.2, 0.25) is 0 Å². The quantitative estimate of drug-likeness (QED) is 0.646. The maximum absolute atomic E-state index is 10.1. The third-order valence-corrected chi connectivity index (χ3v) is 1.69. The molecule has 66 valence electrons. The average molecular weight is 174 g/mol. The van der Waals surface area contributed by atoms with Gasteiger partial charge in [0.05, 0.1) is 12.5 Å². The molecule has 1 heterocycles. The van der Waals surface area contributed by atoms with Crippen molar-refractivity contribution in [1.29, 1.82) is 5.26 Å². The van der Waals surface area contributed by atoms with Crippen molar-refractivity contribution >= 4 is 6.29 Å². The molecule has 0 radical (unpaired) electrons. The number of pyridine rings is 1. The number of carbonyl (C=O) groups is 1. The van der Waals surface area contributed by atoms with Crippen LogP contribution >= 0.6 is 0 Å². The van der Waals surface area contributed by atoms with Gasteiger partial charge in [0, 0.05) is 18.3 Å². The number of rotatable bonds is 4. The van der Waals surface area contributed by atoms with Gasteiger partial charge < -0.3 is 4.79 Å². The Balaban J connectivity index is 2.59. The molecule has 0 spiro atoms. The van der Waals surface area contributed by atoms with E-state index in [1.165, 1.54) is 0 Å². The largest absolute Gasteiger partial charge is 0.303 e. The molecule has 0 aliphatic heterocycles. The normalized spacial score (nSPS) is 9.15. The number of nitrogens with zero attached hydrogens (tertiary/aromatic N) is 2. The maximum Gasteiger partial charge on any atom is 0.120 e. The first-order valence-electron chi connectivity index (χ1n) is 4.11. The van der Waals surface area contributed by atoms with Crippen LogP contribution in [-0.4, -0.2) is 11.3 Å². The predicted octanol–water partition coefficient (Wildman–Crippen LogP) is 1.28. The van der Waals surface area contributed by atoms with Gasteiger partial charge in [-0.25, -0.2) is 0 Å². The fourth-order valence-electron chi connectivity index (χ4n) is 1.01. The first kappa shape index (κ1) is 9.40. The monoisotopic (exact) mass is 174 g/mol. The zero-order valence-corrected chi connectivity index (χ0v) is 7.23. The van der Waals surface area contributed by atoms with Crippen molar-refractivity contribution in [2.75, 3.05) is 0 Å². The van der Waals surface area contributed by atoms with Crippen molar-refractivity contribution in [3.63, 3.8) is 0 Å². The summed E-state index contributed by atoms with van der Waals surface area (Å²) >= 11 is 0. The van der Waals surface area contributed by atoms with E-state index in [0.717, 1.165) is 17.5 Å². The second-order valence-corrected chi connectivity index (χ2v) is 2.70. The third kappa shape index (κ3) is 3.04. The molecule has 1 aromatic heterocycles. The van der Waals surface area contributed by atoms with Crippen LogP contribution < -0.4 is 0 Å². The van der Waals surface area contributed by atoms with Crippen LogP contribution in [0.4, 0.5) is 0 Å². The summed E-state index contributed by atoms with van der Waals surface area (Å²) in [5.74, 6) is 0. The second-order valence-electron chi connectivity index (χ2n) is 2.70. The van der Waals surface area contributed by atoms with E-state index in [1.807, 2.05) is 12.1 Å². The van der Waals surface area contributed by atoms with Crippen LogP contribution in [0.1, 0.15) is 17.7 Å². The number of aromatic nitrogens is 1. The summed E-state index contributed by atoms with van der Waals surface area (Å²) in [6.45, 7) is 0. The lowest BCUT2D eigenvalue weighted by atomic mass is 10.2. The van der Waals surface area contributed by atoms with Crippen LogP contribution in [-0.2, 0) is 17.6 Å². The molecular weight excluding hydrogens is 164 g/mol. The minimum atomic E-state index is 0.390. The summed E-state index contributed by atoms with van der Waals surface area (Å²) in [5, 5.41) is 8.41. The summed E-state index contributed by atoms with van der Waals surface area (Å²) in [4.78, 5) is 14.2. The SMILES string of the molecule is N#CCc1ccc(CCC=O)nc1. The lowest BCUT2D eigenvalue weighted by Crippen LogP contribution is -1.92. The molecule has 0 atom stereocenters. The average Bonchev–Trinajstić information content (AvgIpc) is 2.17. The van der Waals surface area contributed by atoms with Crippen molar-refractivity contribution in [2.24, 2.45) is 0 Å². The Kier molecular flexibility index (Phi) is 3.65. The molecule has 0 amide bonds. The fourth-order valence-corrected chi connectivity index (χ4v) is 1.01. The molecular formula is C10H10N2O. The van der Waals surface area contributed by atoms with Crippen molar-refractivity contribution < 1.29 is 4.79 Å². The van der Waals surface area contributed by atoms with Crippen molar-refractivity contribution in [2.45, 2.75) is 19.3 Å². The summed E-state index contributed by atoms with van der Waals surface area (Å²) in [6, 6.07) is 5.78. The van der Waals surface area contributed by atoms with Gasteiger partial charge in [0.15, 0.2) is 0 Å². The highest BCUT2D eigenvalue weighted by Gasteiger charge is 1.95. The Hall–Kier alpha value is -1.69. The van der Waals surface area contributed by atoms with Crippen LogP contribution in [0.15, 0.2) is 18.3 Å². The molecule has 0 saturated heterocycles. The number of carbonyl (C=O) groups excluding carboxylic acids is 1. The van der Waals surface area contributed by atoms with Crippen molar-refractivity contribution in [3.05, 3.63) is 29.6 Å². The van der Waals surface area contributed by atoms with Gasteiger partial charge >= 0.3 is 0 Å². The molecule has 0 bridgehead atoms. The predicted molar refractivity (Wildman–Crippen MR) is 47.9 cm³/mol. The third-order valence-electron chi connectivity index (χ3n) is 1.69. The minimum Gasteiger partial charge on any atom is -0.303 e. The van der Waals surface area contributed by atoms with Crippen molar-refractivity contribution in [1.82, 2.24) is 4.98 Å². The van der Waals surface area contributed by atoms with Gasteiger partial charge in [0.1, 0.15) is 6.29 Å². The molecule has 0 aliphatic carbocycles. The number of aldehydes is 1. The van der Waals surface area contributed by atoms with E-state index >= 15 is 0 Å². The second kappa shape index (κ2) is 5.04. The van der Waals surface area contributed by atoms with E-state index in [-0.39, 0.29) is 0 Å². The Labute approximate surface area is 77.0 Å². The fraction of sp³-hybridized carbons (Fsp3) is 0.300. The Morgan fingerprint density at radius 3 is 2.92 bits per heavy atom. The van der Waals surface area contributed by atoms with E-state index in [1.54, 1.807) is 6.20 Å². The van der Waals surface area contributed by atoms with Crippen LogP contribution in [0.2, 0.25) is 0 Å². The number of hydrogen-bond acceptors (Lipinski definition) is 3. The molecule has 3 heteroatoms. The highest BCUT2D eigenvalue weighted by atomic mass is 16.1. The van der Waals surface area contributed by atoms with Crippen molar-refractivity contribution in [3.8, 4) is 6.07 Å². The van der Waals surface area contributed by atoms with Crippen LogP contribution in [0.25, 0.3) is 0 Å². The summed E-state index contributed by atoms with van der Waals surface area (Å²) in [5.41, 5.74) is 1.81. The lowest BCUT2D eigenvalue weighted by Gasteiger charge is -1.97. The summed E-state index contributed by atoms with van der Waals surface area (Å²) in [7, 11) is 0. The lowest BCUT2D eigenvalue weighted by molar-refractivity contribution is -0.107. The smallest absolute Gasteiger partial charge is 0.120 e. The van der Waals surface area contributed by atoms with Crippen LogP contribution in [0.5, 0.6) is 0 Å². The maximum atomic E-state index is 10.1. The van der Waals surface area contributed by atoms with E-state index < -0.39 is 0 Å². The highest BCUT2D eigenvalue weighted by molar-refractivity contribution is 5.49.